The van der Waals surface area contributed by atoms with Gasteiger partial charge in [-0.15, -0.1) is 0 Å². The maximum absolute atomic E-state index is 13.2. The Morgan fingerprint density at radius 1 is 1.08 bits per heavy atom. The molecule has 0 aliphatic heterocycles. The molecule has 1 heterocycles. The molecule has 25 heavy (non-hydrogen) atoms. The molecule has 0 radical (unpaired) electrons. The van der Waals surface area contributed by atoms with Crippen molar-refractivity contribution >= 4 is 17.5 Å². The van der Waals surface area contributed by atoms with E-state index in [2.05, 4.69) is 23.5 Å². The molecule has 4 rings (SSSR count). The van der Waals surface area contributed by atoms with Gasteiger partial charge in [0.05, 0.1) is 17.0 Å². The number of nitrogens with zero attached hydrogens (tertiary/aromatic N) is 1. The van der Waals surface area contributed by atoms with Crippen molar-refractivity contribution in [1.82, 2.24) is 5.16 Å². The van der Waals surface area contributed by atoms with Crippen molar-refractivity contribution < 1.29 is 9.32 Å². The number of carbonyl (C=O) groups is 1. The summed E-state index contributed by atoms with van der Waals surface area (Å²) in [7, 11) is 0. The van der Waals surface area contributed by atoms with Crippen molar-refractivity contribution in [2.24, 2.45) is 0 Å². The highest BCUT2D eigenvalue weighted by atomic mass is 32.2. The molecule has 0 amide bonds. The molecule has 0 saturated heterocycles. The van der Waals surface area contributed by atoms with Crippen molar-refractivity contribution in [2.45, 2.75) is 24.0 Å². The van der Waals surface area contributed by atoms with Crippen LogP contribution in [0.25, 0.3) is 0 Å². The first-order valence-electron chi connectivity index (χ1n) is 8.45. The van der Waals surface area contributed by atoms with E-state index in [0.717, 1.165) is 29.7 Å². The average Bonchev–Trinajstić information content (AvgIpc) is 3.40. The molecule has 0 N–H and O–H groups in total. The minimum atomic E-state index is 0.00808. The average molecular weight is 349 g/mol. The molecule has 0 bridgehead atoms. The van der Waals surface area contributed by atoms with Gasteiger partial charge in [0.1, 0.15) is 0 Å². The summed E-state index contributed by atoms with van der Waals surface area (Å²) in [6, 6.07) is 18.2. The minimum absolute atomic E-state index is 0.00808. The van der Waals surface area contributed by atoms with Crippen LogP contribution in [0.1, 0.15) is 56.8 Å². The molecule has 1 aliphatic carbocycles. The summed E-state index contributed by atoms with van der Waals surface area (Å²) in [5.41, 5.74) is 3.58. The third-order valence-electron chi connectivity index (χ3n) is 4.62. The summed E-state index contributed by atoms with van der Waals surface area (Å²) in [5.74, 6) is 1.12. The number of rotatable bonds is 6. The van der Waals surface area contributed by atoms with Crippen LogP contribution in [0.4, 0.5) is 0 Å². The second-order valence-corrected chi connectivity index (χ2v) is 7.26. The van der Waals surface area contributed by atoms with Gasteiger partial charge in [-0.25, -0.2) is 0 Å². The minimum Gasteiger partial charge on any atom is -0.360 e. The van der Waals surface area contributed by atoms with Gasteiger partial charge in [0.25, 0.3) is 0 Å². The van der Waals surface area contributed by atoms with Crippen molar-refractivity contribution in [3.05, 3.63) is 88.8 Å². The molecule has 1 atom stereocenters. The van der Waals surface area contributed by atoms with Gasteiger partial charge in [0, 0.05) is 11.5 Å². The molecule has 0 spiro atoms. The molecule has 4 heteroatoms. The zero-order valence-electron chi connectivity index (χ0n) is 14.0. The summed E-state index contributed by atoms with van der Waals surface area (Å²) < 4.78 is 5.37. The number of benzene rings is 2. The number of ketones is 1. The van der Waals surface area contributed by atoms with Crippen LogP contribution < -0.4 is 0 Å². The van der Waals surface area contributed by atoms with E-state index in [9.17, 15) is 4.79 Å². The van der Waals surface area contributed by atoms with E-state index < -0.39 is 0 Å². The first kappa shape index (κ1) is 16.2. The Hall–Kier alpha value is -2.33. The number of hydrogen-bond donors (Lipinski definition) is 0. The standard InChI is InChI=1S/C21H19NO2S/c1-25-21(15-7-3-2-4-8-15)17-10-6-5-9-16(17)19(23)18-13-22-24-20(18)14-11-12-14/h2-10,13-14,21H,11-12H2,1H3. The lowest BCUT2D eigenvalue weighted by atomic mass is 9.93. The zero-order chi connectivity index (χ0) is 17.2. The van der Waals surface area contributed by atoms with E-state index in [1.165, 1.54) is 5.56 Å². The highest BCUT2D eigenvalue weighted by Crippen LogP contribution is 2.43. The molecular formula is C21H19NO2S. The second-order valence-electron chi connectivity index (χ2n) is 6.32. The molecule has 1 saturated carbocycles. The molecule has 1 unspecified atom stereocenters. The third kappa shape index (κ3) is 3.14. The largest absolute Gasteiger partial charge is 0.360 e. The Bertz CT molecular complexity index is 884. The highest BCUT2D eigenvalue weighted by Gasteiger charge is 2.33. The number of aromatic nitrogens is 1. The number of thioether (sulfide) groups is 1. The van der Waals surface area contributed by atoms with Gasteiger partial charge in [0.2, 0.25) is 0 Å². The normalized spacial score (nSPS) is 15.1. The number of carbonyl (C=O) groups excluding carboxylic acids is 1. The fraction of sp³-hybridized carbons (Fsp3) is 0.238. The maximum atomic E-state index is 13.2. The van der Waals surface area contributed by atoms with Crippen molar-refractivity contribution in [3.63, 3.8) is 0 Å². The highest BCUT2D eigenvalue weighted by molar-refractivity contribution is 7.99. The van der Waals surface area contributed by atoms with Crippen LogP contribution in [0.2, 0.25) is 0 Å². The smallest absolute Gasteiger partial charge is 0.198 e. The number of hydrogen-bond acceptors (Lipinski definition) is 4. The first-order valence-corrected chi connectivity index (χ1v) is 9.74. The van der Waals surface area contributed by atoms with Crippen LogP contribution in [0.5, 0.6) is 0 Å². The Kier molecular flexibility index (Phi) is 4.45. The summed E-state index contributed by atoms with van der Waals surface area (Å²) in [6.45, 7) is 0. The third-order valence-corrected chi connectivity index (χ3v) is 5.61. The van der Waals surface area contributed by atoms with Crippen LogP contribution >= 0.6 is 11.8 Å². The second kappa shape index (κ2) is 6.89. The molecule has 126 valence electrons. The van der Waals surface area contributed by atoms with Gasteiger partial charge >= 0.3 is 0 Å². The molecule has 2 aromatic carbocycles. The Morgan fingerprint density at radius 3 is 2.52 bits per heavy atom. The summed E-state index contributed by atoms with van der Waals surface area (Å²) in [6.07, 6.45) is 5.81. The summed E-state index contributed by atoms with van der Waals surface area (Å²) in [4.78, 5) is 13.2. The SMILES string of the molecule is CSC(c1ccccc1)c1ccccc1C(=O)c1cnoc1C1CC1. The van der Waals surface area contributed by atoms with Crippen LogP contribution in [-0.4, -0.2) is 17.2 Å². The van der Waals surface area contributed by atoms with E-state index in [4.69, 9.17) is 4.52 Å². The predicted molar refractivity (Wildman–Crippen MR) is 100 cm³/mol. The lowest BCUT2D eigenvalue weighted by molar-refractivity contribution is 0.103. The first-order chi connectivity index (χ1) is 12.3. The van der Waals surface area contributed by atoms with Crippen LogP contribution in [0, 0.1) is 0 Å². The fourth-order valence-corrected chi connectivity index (χ4v) is 4.10. The molecular weight excluding hydrogens is 330 g/mol. The lowest BCUT2D eigenvalue weighted by Gasteiger charge is -2.18. The Balaban J connectivity index is 1.76. The van der Waals surface area contributed by atoms with Gasteiger partial charge in [-0.2, -0.15) is 11.8 Å². The van der Waals surface area contributed by atoms with E-state index in [1.807, 2.05) is 42.5 Å². The van der Waals surface area contributed by atoms with Crippen molar-refractivity contribution in [2.75, 3.05) is 6.26 Å². The molecule has 3 nitrogen and oxygen atoms in total. The topological polar surface area (TPSA) is 43.1 Å². The van der Waals surface area contributed by atoms with Gasteiger partial charge in [-0.3, -0.25) is 4.79 Å². The predicted octanol–water partition coefficient (Wildman–Crippen LogP) is 5.24. The van der Waals surface area contributed by atoms with Crippen LogP contribution in [0.3, 0.4) is 0 Å². The molecule has 3 aromatic rings. The molecule has 1 aromatic heterocycles. The van der Waals surface area contributed by atoms with Crippen LogP contribution in [0.15, 0.2) is 65.3 Å². The van der Waals surface area contributed by atoms with Gasteiger partial charge in [0.15, 0.2) is 11.5 Å². The van der Waals surface area contributed by atoms with Crippen molar-refractivity contribution in [3.8, 4) is 0 Å². The zero-order valence-corrected chi connectivity index (χ0v) is 14.8. The van der Waals surface area contributed by atoms with E-state index >= 15 is 0 Å². The van der Waals surface area contributed by atoms with E-state index in [0.29, 0.717) is 11.5 Å². The fourth-order valence-electron chi connectivity index (χ4n) is 3.21. The summed E-state index contributed by atoms with van der Waals surface area (Å²) in [5, 5.41) is 4.00. The van der Waals surface area contributed by atoms with Gasteiger partial charge in [-0.1, -0.05) is 59.8 Å². The Morgan fingerprint density at radius 2 is 1.80 bits per heavy atom. The summed E-state index contributed by atoms with van der Waals surface area (Å²) >= 11 is 1.74. The van der Waals surface area contributed by atoms with Gasteiger partial charge < -0.3 is 4.52 Å². The molecule has 1 fully saturated rings. The maximum Gasteiger partial charge on any atom is 0.198 e. The lowest BCUT2D eigenvalue weighted by Crippen LogP contribution is -2.09. The molecule has 1 aliphatic rings. The van der Waals surface area contributed by atoms with Gasteiger partial charge in [-0.05, 0) is 30.2 Å². The van der Waals surface area contributed by atoms with Crippen LogP contribution in [-0.2, 0) is 0 Å². The monoisotopic (exact) mass is 349 g/mol. The van der Waals surface area contributed by atoms with E-state index in [1.54, 1.807) is 18.0 Å². The quantitative estimate of drug-likeness (QED) is 0.571. The van der Waals surface area contributed by atoms with Crippen molar-refractivity contribution in [1.29, 1.82) is 0 Å². The van der Waals surface area contributed by atoms with E-state index in [-0.39, 0.29) is 11.0 Å². The Labute approximate surface area is 151 Å².